The number of aryl methyl sites for hydroxylation is 1. The second-order valence-electron chi connectivity index (χ2n) is 6.70. The minimum Gasteiger partial charge on any atom is -0.493 e. The maximum Gasteiger partial charge on any atom is 0.274 e. The van der Waals surface area contributed by atoms with Crippen LogP contribution in [0.15, 0.2) is 47.3 Å². The Kier molecular flexibility index (Phi) is 6.16. The second-order valence-corrected chi connectivity index (χ2v) is 6.70. The number of nitrogens with zero attached hydrogens (tertiary/aromatic N) is 3. The van der Waals surface area contributed by atoms with Crippen molar-refractivity contribution in [3.63, 3.8) is 0 Å². The van der Waals surface area contributed by atoms with Gasteiger partial charge in [-0.2, -0.15) is 5.10 Å². The number of likely N-dealkylation sites (N-methyl/N-ethyl adjacent to an activating group) is 1. The van der Waals surface area contributed by atoms with Crippen LogP contribution in [0.3, 0.4) is 0 Å². The SMILES string of the molecule is CCN(Cc1ccc(OC)c(OC)c1)C(=O)Cc1nn(C)c(=O)c2ccccc12. The first-order valence-corrected chi connectivity index (χ1v) is 9.42. The molecular weight excluding hydrogens is 370 g/mol. The summed E-state index contributed by atoms with van der Waals surface area (Å²) in [4.78, 5) is 27.1. The first-order valence-electron chi connectivity index (χ1n) is 9.42. The number of hydrogen-bond acceptors (Lipinski definition) is 5. The number of carbonyl (C=O) groups is 1. The van der Waals surface area contributed by atoms with E-state index in [9.17, 15) is 9.59 Å². The number of carbonyl (C=O) groups excluding carboxylic acids is 1. The zero-order valence-electron chi connectivity index (χ0n) is 17.1. The van der Waals surface area contributed by atoms with Crippen LogP contribution < -0.4 is 15.0 Å². The van der Waals surface area contributed by atoms with Gasteiger partial charge >= 0.3 is 0 Å². The number of aromatic nitrogens is 2. The first-order chi connectivity index (χ1) is 14.0. The molecule has 7 nitrogen and oxygen atoms in total. The van der Waals surface area contributed by atoms with Crippen LogP contribution in [0.25, 0.3) is 10.8 Å². The molecule has 1 heterocycles. The van der Waals surface area contributed by atoms with Crippen LogP contribution in [0.4, 0.5) is 0 Å². The Balaban J connectivity index is 1.85. The molecule has 0 aliphatic heterocycles. The molecule has 3 rings (SSSR count). The monoisotopic (exact) mass is 395 g/mol. The van der Waals surface area contributed by atoms with E-state index < -0.39 is 0 Å². The molecule has 0 aliphatic carbocycles. The van der Waals surface area contributed by atoms with Crippen LogP contribution in [0, 0.1) is 0 Å². The molecule has 0 atom stereocenters. The van der Waals surface area contributed by atoms with Crippen LogP contribution >= 0.6 is 0 Å². The molecule has 0 spiro atoms. The number of rotatable bonds is 7. The minimum absolute atomic E-state index is 0.0569. The van der Waals surface area contributed by atoms with Crippen molar-refractivity contribution in [2.45, 2.75) is 19.9 Å². The van der Waals surface area contributed by atoms with Crippen LogP contribution in [0.1, 0.15) is 18.2 Å². The highest BCUT2D eigenvalue weighted by atomic mass is 16.5. The van der Waals surface area contributed by atoms with Gasteiger partial charge in [0.1, 0.15) is 0 Å². The Hall–Kier alpha value is -3.35. The predicted molar refractivity (Wildman–Crippen MR) is 111 cm³/mol. The molecule has 0 aliphatic rings. The number of amides is 1. The molecule has 1 aromatic heterocycles. The van der Waals surface area contributed by atoms with Crippen molar-refractivity contribution in [1.29, 1.82) is 0 Å². The summed E-state index contributed by atoms with van der Waals surface area (Å²) in [6, 6.07) is 12.9. The summed E-state index contributed by atoms with van der Waals surface area (Å²) in [5.41, 5.74) is 1.36. The third-order valence-electron chi connectivity index (χ3n) is 4.91. The van der Waals surface area contributed by atoms with Crippen molar-refractivity contribution in [3.8, 4) is 11.5 Å². The van der Waals surface area contributed by atoms with Crippen molar-refractivity contribution in [2.24, 2.45) is 7.05 Å². The highest BCUT2D eigenvalue weighted by Crippen LogP contribution is 2.28. The van der Waals surface area contributed by atoms with Gasteiger partial charge in [0.25, 0.3) is 5.56 Å². The van der Waals surface area contributed by atoms with Gasteiger partial charge in [-0.25, -0.2) is 4.68 Å². The number of ether oxygens (including phenoxy) is 2. The standard InChI is InChI=1S/C22H25N3O4/c1-5-25(14-15-10-11-19(28-3)20(12-15)29-4)21(26)13-18-16-8-6-7-9-17(16)22(27)24(2)23-18/h6-12H,5,13-14H2,1-4H3. The fourth-order valence-corrected chi connectivity index (χ4v) is 3.34. The lowest BCUT2D eigenvalue weighted by atomic mass is 10.1. The van der Waals surface area contributed by atoms with Gasteiger partial charge in [-0.1, -0.05) is 24.3 Å². The van der Waals surface area contributed by atoms with Crippen LogP contribution in [0.5, 0.6) is 11.5 Å². The zero-order chi connectivity index (χ0) is 21.0. The Morgan fingerprint density at radius 3 is 2.41 bits per heavy atom. The van der Waals surface area contributed by atoms with E-state index in [0.29, 0.717) is 41.1 Å². The first kappa shape index (κ1) is 20.4. The molecule has 0 N–H and O–H groups in total. The molecule has 0 saturated carbocycles. The lowest BCUT2D eigenvalue weighted by Gasteiger charge is -2.22. The number of methoxy groups -OCH3 is 2. The molecule has 2 aromatic carbocycles. The third-order valence-corrected chi connectivity index (χ3v) is 4.91. The van der Waals surface area contributed by atoms with Crippen molar-refractivity contribution in [2.75, 3.05) is 20.8 Å². The summed E-state index contributed by atoms with van der Waals surface area (Å²) in [5, 5.41) is 5.61. The number of fused-ring (bicyclic) bond motifs is 1. The van der Waals surface area contributed by atoms with Crippen LogP contribution in [-0.2, 0) is 24.8 Å². The smallest absolute Gasteiger partial charge is 0.274 e. The molecule has 0 saturated heterocycles. The van der Waals surface area contributed by atoms with Gasteiger partial charge in [-0.05, 0) is 30.7 Å². The van der Waals surface area contributed by atoms with Gasteiger partial charge in [0, 0.05) is 25.5 Å². The summed E-state index contributed by atoms with van der Waals surface area (Å²) < 4.78 is 11.9. The number of hydrogen-bond donors (Lipinski definition) is 0. The van der Waals surface area contributed by atoms with Gasteiger partial charge < -0.3 is 14.4 Å². The molecular formula is C22H25N3O4. The van der Waals surface area contributed by atoms with Crippen molar-refractivity contribution in [3.05, 3.63) is 64.1 Å². The Morgan fingerprint density at radius 2 is 1.76 bits per heavy atom. The molecule has 0 fully saturated rings. The quantitative estimate of drug-likeness (QED) is 0.615. The molecule has 1 amide bonds. The largest absolute Gasteiger partial charge is 0.493 e. The zero-order valence-corrected chi connectivity index (χ0v) is 17.1. The fourth-order valence-electron chi connectivity index (χ4n) is 3.34. The van der Waals surface area contributed by atoms with E-state index in [2.05, 4.69) is 5.10 Å². The summed E-state index contributed by atoms with van der Waals surface area (Å²) in [6.07, 6.45) is 0.121. The molecule has 0 unspecified atom stereocenters. The highest BCUT2D eigenvalue weighted by Gasteiger charge is 2.18. The summed E-state index contributed by atoms with van der Waals surface area (Å²) in [7, 11) is 4.77. The average molecular weight is 395 g/mol. The van der Waals surface area contributed by atoms with Gasteiger partial charge in [0.2, 0.25) is 5.91 Å². The predicted octanol–water partition coefficient (Wildman–Crippen LogP) is 2.54. The lowest BCUT2D eigenvalue weighted by Crippen LogP contribution is -2.32. The van der Waals surface area contributed by atoms with Gasteiger partial charge in [0.15, 0.2) is 11.5 Å². The number of benzene rings is 2. The van der Waals surface area contributed by atoms with E-state index in [1.807, 2.05) is 43.3 Å². The van der Waals surface area contributed by atoms with E-state index in [4.69, 9.17) is 9.47 Å². The van der Waals surface area contributed by atoms with E-state index in [1.54, 1.807) is 32.2 Å². The Labute approximate surface area is 169 Å². The molecule has 0 radical (unpaired) electrons. The maximum atomic E-state index is 13.0. The molecule has 0 bridgehead atoms. The van der Waals surface area contributed by atoms with E-state index >= 15 is 0 Å². The maximum absolute atomic E-state index is 13.0. The van der Waals surface area contributed by atoms with Gasteiger partial charge in [0.05, 0.1) is 31.7 Å². The van der Waals surface area contributed by atoms with E-state index in [0.717, 1.165) is 5.56 Å². The molecule has 29 heavy (non-hydrogen) atoms. The fraction of sp³-hybridized carbons (Fsp3) is 0.318. The highest BCUT2D eigenvalue weighted by molar-refractivity contribution is 5.88. The van der Waals surface area contributed by atoms with Crippen molar-refractivity contribution in [1.82, 2.24) is 14.7 Å². The second kappa shape index (κ2) is 8.77. The van der Waals surface area contributed by atoms with Crippen molar-refractivity contribution >= 4 is 16.7 Å². The van der Waals surface area contributed by atoms with Gasteiger partial charge in [-0.15, -0.1) is 0 Å². The van der Waals surface area contributed by atoms with Crippen LogP contribution in [-0.4, -0.2) is 41.4 Å². The lowest BCUT2D eigenvalue weighted by molar-refractivity contribution is -0.130. The molecule has 3 aromatic rings. The normalized spacial score (nSPS) is 10.8. The summed E-state index contributed by atoms with van der Waals surface area (Å²) in [6.45, 7) is 2.93. The Morgan fingerprint density at radius 1 is 1.07 bits per heavy atom. The van der Waals surface area contributed by atoms with E-state index in [1.165, 1.54) is 4.68 Å². The van der Waals surface area contributed by atoms with Crippen LogP contribution in [0.2, 0.25) is 0 Å². The Bertz CT molecular complexity index is 1090. The van der Waals surface area contributed by atoms with Gasteiger partial charge in [-0.3, -0.25) is 9.59 Å². The third kappa shape index (κ3) is 4.23. The summed E-state index contributed by atoms with van der Waals surface area (Å²) >= 11 is 0. The molecule has 152 valence electrons. The average Bonchev–Trinajstić information content (AvgIpc) is 2.75. The summed E-state index contributed by atoms with van der Waals surface area (Å²) in [5.74, 6) is 1.21. The topological polar surface area (TPSA) is 73.7 Å². The van der Waals surface area contributed by atoms with Crippen molar-refractivity contribution < 1.29 is 14.3 Å². The van der Waals surface area contributed by atoms with E-state index in [-0.39, 0.29) is 17.9 Å². The molecule has 7 heteroatoms. The minimum atomic E-state index is -0.172.